The van der Waals surface area contributed by atoms with Crippen LogP contribution in [-0.4, -0.2) is 39.0 Å². The summed E-state index contributed by atoms with van der Waals surface area (Å²) in [5, 5.41) is 9.71. The molecule has 8 heteroatoms. The highest BCUT2D eigenvalue weighted by Crippen LogP contribution is 2.26. The number of benzene rings is 1. The van der Waals surface area contributed by atoms with Gasteiger partial charge in [0, 0.05) is 5.92 Å². The van der Waals surface area contributed by atoms with Crippen LogP contribution in [0.2, 0.25) is 0 Å². The number of anilines is 1. The highest BCUT2D eigenvalue weighted by atomic mass is 19.1. The average Bonchev–Trinajstić information content (AvgIpc) is 3.07. The van der Waals surface area contributed by atoms with E-state index in [1.165, 1.54) is 23.1 Å². The summed E-state index contributed by atoms with van der Waals surface area (Å²) in [5.74, 6) is 0.118. The number of nitrogens with one attached hydrogen (secondary N) is 2. The quantitative estimate of drug-likeness (QED) is 0.890. The zero-order valence-corrected chi connectivity index (χ0v) is 14.4. The third-order valence-electron chi connectivity index (χ3n) is 4.54. The Morgan fingerprint density at radius 2 is 2.12 bits per heavy atom. The van der Waals surface area contributed by atoms with Crippen molar-refractivity contribution in [1.29, 1.82) is 0 Å². The lowest BCUT2D eigenvalue weighted by molar-refractivity contribution is 0.0547. The molecule has 4 atom stereocenters. The van der Waals surface area contributed by atoms with E-state index < -0.39 is 0 Å². The van der Waals surface area contributed by atoms with Crippen molar-refractivity contribution in [3.63, 3.8) is 0 Å². The van der Waals surface area contributed by atoms with Gasteiger partial charge in [-0.25, -0.2) is 18.9 Å². The van der Waals surface area contributed by atoms with Crippen molar-refractivity contribution in [2.24, 2.45) is 5.92 Å². The van der Waals surface area contributed by atoms with E-state index in [2.05, 4.69) is 20.7 Å². The van der Waals surface area contributed by atoms with Crippen molar-refractivity contribution in [2.75, 3.05) is 5.32 Å². The molecule has 0 aliphatic carbocycles. The zero-order chi connectivity index (χ0) is 18.0. The van der Waals surface area contributed by atoms with Gasteiger partial charge in [-0.3, -0.25) is 5.32 Å². The summed E-state index contributed by atoms with van der Waals surface area (Å²) in [7, 11) is 0. The van der Waals surface area contributed by atoms with Gasteiger partial charge < -0.3 is 10.1 Å². The van der Waals surface area contributed by atoms with E-state index in [-0.39, 0.29) is 42.0 Å². The number of halogens is 1. The number of urea groups is 1. The van der Waals surface area contributed by atoms with E-state index in [9.17, 15) is 9.18 Å². The highest BCUT2D eigenvalue weighted by molar-refractivity contribution is 5.87. The Bertz CT molecular complexity index is 750. The molecule has 7 nitrogen and oxygen atoms in total. The van der Waals surface area contributed by atoms with Gasteiger partial charge >= 0.3 is 6.03 Å². The predicted molar refractivity (Wildman–Crippen MR) is 90.6 cm³/mol. The van der Waals surface area contributed by atoms with Gasteiger partial charge in [0.1, 0.15) is 12.1 Å². The molecule has 4 unspecified atom stereocenters. The fourth-order valence-electron chi connectivity index (χ4n) is 3.05. The second kappa shape index (κ2) is 7.18. The van der Waals surface area contributed by atoms with Crippen LogP contribution in [-0.2, 0) is 11.3 Å². The topological polar surface area (TPSA) is 81.1 Å². The summed E-state index contributed by atoms with van der Waals surface area (Å²) in [6.07, 6.45) is 1.55. The molecule has 2 amide bonds. The molecule has 134 valence electrons. The van der Waals surface area contributed by atoms with Crippen LogP contribution in [0.15, 0.2) is 30.6 Å². The highest BCUT2D eigenvalue weighted by Gasteiger charge is 2.37. The van der Waals surface area contributed by atoms with E-state index in [4.69, 9.17) is 4.74 Å². The van der Waals surface area contributed by atoms with Gasteiger partial charge in [-0.1, -0.05) is 19.1 Å². The summed E-state index contributed by atoms with van der Waals surface area (Å²) in [6, 6.07) is 5.83. The first-order valence-electron chi connectivity index (χ1n) is 8.29. The Hall–Kier alpha value is -2.48. The van der Waals surface area contributed by atoms with Crippen molar-refractivity contribution in [2.45, 2.75) is 45.6 Å². The molecule has 1 aromatic carbocycles. The average molecular weight is 347 g/mol. The summed E-state index contributed by atoms with van der Waals surface area (Å²) < 4.78 is 20.5. The predicted octanol–water partition coefficient (Wildman–Crippen LogP) is 2.40. The minimum atomic E-state index is -0.370. The monoisotopic (exact) mass is 347 g/mol. The first-order valence-corrected chi connectivity index (χ1v) is 8.29. The number of carbonyl (C=O) groups is 1. The minimum absolute atomic E-state index is 0.0470. The van der Waals surface area contributed by atoms with E-state index in [1.807, 2.05) is 20.8 Å². The molecule has 0 radical (unpaired) electrons. The minimum Gasteiger partial charge on any atom is -0.373 e. The summed E-state index contributed by atoms with van der Waals surface area (Å²) in [6.45, 7) is 6.36. The first kappa shape index (κ1) is 17.3. The van der Waals surface area contributed by atoms with E-state index in [0.717, 1.165) is 5.56 Å². The van der Waals surface area contributed by atoms with Crippen LogP contribution in [0.1, 0.15) is 26.3 Å². The number of rotatable bonds is 4. The second-order valence-electron chi connectivity index (χ2n) is 6.43. The fraction of sp³-hybridized carbons (Fsp3) is 0.471. The number of carbonyl (C=O) groups excluding carboxylic acids is 1. The van der Waals surface area contributed by atoms with Gasteiger partial charge in [0.15, 0.2) is 0 Å². The second-order valence-corrected chi connectivity index (χ2v) is 6.43. The van der Waals surface area contributed by atoms with Gasteiger partial charge in [0.05, 0.1) is 24.8 Å². The molecule has 1 saturated heterocycles. The van der Waals surface area contributed by atoms with Gasteiger partial charge in [-0.2, -0.15) is 0 Å². The Balaban J connectivity index is 1.57. The number of amides is 2. The number of ether oxygens (including phenoxy) is 1. The molecule has 0 bridgehead atoms. The summed E-state index contributed by atoms with van der Waals surface area (Å²) in [5.41, 5.74) is 0.764. The molecule has 3 rings (SSSR count). The van der Waals surface area contributed by atoms with Crippen LogP contribution >= 0.6 is 0 Å². The SMILES string of the molecule is CC1OC(C)C(NC(=O)Nc2ncn(Cc3cccc(F)c3)n2)C1C. The standard InChI is InChI=1S/C17H22FN5O2/c1-10-11(2)25-12(3)15(10)20-17(24)21-16-19-9-23(22-16)8-13-5-4-6-14(18)7-13/h4-7,9-12,15H,8H2,1-3H3,(H2,20,21,22,24). The third kappa shape index (κ3) is 4.14. The smallest absolute Gasteiger partial charge is 0.321 e. The van der Waals surface area contributed by atoms with Crippen LogP contribution in [0.3, 0.4) is 0 Å². The third-order valence-corrected chi connectivity index (χ3v) is 4.54. The van der Waals surface area contributed by atoms with Gasteiger partial charge in [-0.15, -0.1) is 5.10 Å². The van der Waals surface area contributed by atoms with E-state index in [1.54, 1.807) is 12.1 Å². The molecule has 1 aromatic heterocycles. The maximum atomic E-state index is 13.2. The van der Waals surface area contributed by atoms with E-state index in [0.29, 0.717) is 6.54 Å². The van der Waals surface area contributed by atoms with Crippen molar-refractivity contribution in [3.05, 3.63) is 42.0 Å². The summed E-state index contributed by atoms with van der Waals surface area (Å²) >= 11 is 0. The van der Waals surface area contributed by atoms with Crippen LogP contribution in [0, 0.1) is 11.7 Å². The molecule has 1 aliphatic heterocycles. The van der Waals surface area contributed by atoms with Crippen LogP contribution in [0.25, 0.3) is 0 Å². The lowest BCUT2D eigenvalue weighted by Crippen LogP contribution is -2.45. The largest absolute Gasteiger partial charge is 0.373 e. The molecule has 0 saturated carbocycles. The fourth-order valence-corrected chi connectivity index (χ4v) is 3.05. The summed E-state index contributed by atoms with van der Waals surface area (Å²) in [4.78, 5) is 16.2. The van der Waals surface area contributed by atoms with Crippen molar-refractivity contribution < 1.29 is 13.9 Å². The molecule has 0 spiro atoms. The molecule has 2 heterocycles. The molecule has 1 fully saturated rings. The molecule has 2 N–H and O–H groups in total. The Kier molecular flexibility index (Phi) is 4.98. The lowest BCUT2D eigenvalue weighted by Gasteiger charge is -2.19. The maximum absolute atomic E-state index is 13.2. The molecule has 25 heavy (non-hydrogen) atoms. The van der Waals surface area contributed by atoms with Gasteiger partial charge in [-0.05, 0) is 31.5 Å². The van der Waals surface area contributed by atoms with E-state index >= 15 is 0 Å². The van der Waals surface area contributed by atoms with Crippen molar-refractivity contribution >= 4 is 12.0 Å². The Morgan fingerprint density at radius 3 is 2.80 bits per heavy atom. The van der Waals surface area contributed by atoms with Crippen LogP contribution in [0.5, 0.6) is 0 Å². The molecule has 1 aliphatic rings. The normalized spacial score (nSPS) is 25.8. The molecular formula is C17H22FN5O2. The Labute approximate surface area is 145 Å². The first-order chi connectivity index (χ1) is 11.9. The maximum Gasteiger partial charge on any atom is 0.321 e. The molecule has 2 aromatic rings. The lowest BCUT2D eigenvalue weighted by atomic mass is 9.97. The number of hydrogen-bond acceptors (Lipinski definition) is 4. The van der Waals surface area contributed by atoms with Crippen molar-refractivity contribution in [3.8, 4) is 0 Å². The number of nitrogens with zero attached hydrogens (tertiary/aromatic N) is 3. The number of aromatic nitrogens is 3. The Morgan fingerprint density at radius 1 is 1.32 bits per heavy atom. The van der Waals surface area contributed by atoms with Crippen LogP contribution < -0.4 is 10.6 Å². The number of hydrogen-bond donors (Lipinski definition) is 2. The van der Waals surface area contributed by atoms with Crippen molar-refractivity contribution in [1.82, 2.24) is 20.1 Å². The van der Waals surface area contributed by atoms with Gasteiger partial charge in [0.2, 0.25) is 5.95 Å². The molecular weight excluding hydrogens is 325 g/mol. The van der Waals surface area contributed by atoms with Crippen LogP contribution in [0.4, 0.5) is 15.1 Å². The zero-order valence-electron chi connectivity index (χ0n) is 14.4. The van der Waals surface area contributed by atoms with Gasteiger partial charge in [0.25, 0.3) is 0 Å².